The van der Waals surface area contributed by atoms with E-state index in [0.717, 1.165) is 6.07 Å². The average molecular weight is 245 g/mol. The van der Waals surface area contributed by atoms with Crippen LogP contribution in [0, 0.1) is 0 Å². The zero-order valence-corrected chi connectivity index (χ0v) is 8.97. The summed E-state index contributed by atoms with van der Waals surface area (Å²) in [6.45, 7) is 4.83. The minimum Gasteiger partial charge on any atom is -0.404 e. The molecule has 0 aliphatic heterocycles. The van der Waals surface area contributed by atoms with Crippen LogP contribution in [0.1, 0.15) is 6.92 Å². The van der Waals surface area contributed by atoms with E-state index in [1.807, 2.05) is 0 Å². The van der Waals surface area contributed by atoms with E-state index >= 15 is 0 Å². The van der Waals surface area contributed by atoms with E-state index < -0.39 is 18.0 Å². The molecule has 0 bridgehead atoms. The number of hydrogen-bond donors (Lipinski definition) is 1. The fourth-order valence-electron chi connectivity index (χ4n) is 1.01. The highest BCUT2D eigenvalue weighted by atomic mass is 19.4. The molecular formula is C11H10F3NO2. The van der Waals surface area contributed by atoms with Gasteiger partial charge in [0.2, 0.25) is 0 Å². The average Bonchev–Trinajstić information content (AvgIpc) is 2.18. The molecule has 1 amide bonds. The molecule has 0 aliphatic carbocycles. The maximum Gasteiger partial charge on any atom is 0.573 e. The predicted molar refractivity (Wildman–Crippen MR) is 56.6 cm³/mol. The first-order chi connectivity index (χ1) is 7.79. The fraction of sp³-hybridized carbons (Fsp3) is 0.182. The third-order valence-electron chi connectivity index (χ3n) is 1.75. The number of amides is 1. The lowest BCUT2D eigenvalue weighted by Gasteiger charge is -2.13. The Bertz CT molecular complexity index is 441. The number of carbonyl (C=O) groups is 1. The zero-order chi connectivity index (χ0) is 13.1. The molecule has 6 heteroatoms. The van der Waals surface area contributed by atoms with Gasteiger partial charge < -0.3 is 10.1 Å². The van der Waals surface area contributed by atoms with E-state index in [1.54, 1.807) is 0 Å². The zero-order valence-electron chi connectivity index (χ0n) is 8.97. The van der Waals surface area contributed by atoms with Crippen LogP contribution < -0.4 is 10.1 Å². The van der Waals surface area contributed by atoms with Crippen molar-refractivity contribution in [2.45, 2.75) is 13.3 Å². The summed E-state index contributed by atoms with van der Waals surface area (Å²) in [7, 11) is 0. The first-order valence-electron chi connectivity index (χ1n) is 4.61. The molecule has 0 saturated carbocycles. The normalized spacial score (nSPS) is 10.8. The van der Waals surface area contributed by atoms with Crippen LogP contribution in [0.25, 0.3) is 0 Å². The van der Waals surface area contributed by atoms with E-state index in [1.165, 1.54) is 25.1 Å². The summed E-state index contributed by atoms with van der Waals surface area (Å²) in [4.78, 5) is 11.3. The topological polar surface area (TPSA) is 38.3 Å². The van der Waals surface area contributed by atoms with Crippen LogP contribution in [0.5, 0.6) is 5.75 Å². The number of hydrogen-bond acceptors (Lipinski definition) is 2. The minimum absolute atomic E-state index is 0.0576. The van der Waals surface area contributed by atoms with Gasteiger partial charge in [-0.3, -0.25) is 4.79 Å². The van der Waals surface area contributed by atoms with E-state index in [-0.39, 0.29) is 11.3 Å². The third kappa shape index (κ3) is 4.18. The summed E-state index contributed by atoms with van der Waals surface area (Å²) in [6.07, 6.45) is -4.80. The van der Waals surface area contributed by atoms with Gasteiger partial charge in [-0.05, 0) is 19.1 Å². The van der Waals surface area contributed by atoms with Crippen molar-refractivity contribution in [3.8, 4) is 5.75 Å². The molecule has 1 aromatic carbocycles. The Morgan fingerprint density at radius 2 is 1.94 bits per heavy atom. The van der Waals surface area contributed by atoms with Gasteiger partial charge in [0.05, 0.1) is 5.69 Å². The molecule has 0 unspecified atom stereocenters. The molecule has 3 nitrogen and oxygen atoms in total. The van der Waals surface area contributed by atoms with Crippen LogP contribution in [-0.4, -0.2) is 12.3 Å². The largest absolute Gasteiger partial charge is 0.573 e. The smallest absolute Gasteiger partial charge is 0.404 e. The van der Waals surface area contributed by atoms with Crippen LogP contribution in [0.2, 0.25) is 0 Å². The Morgan fingerprint density at radius 1 is 1.35 bits per heavy atom. The summed E-state index contributed by atoms with van der Waals surface area (Å²) in [5, 5.41) is 2.27. The highest BCUT2D eigenvalue weighted by molar-refractivity contribution is 6.03. The standard InChI is InChI=1S/C11H10F3NO2/c1-7(2)10(16)15-8-5-3-4-6-9(8)17-11(12,13)14/h3-6H,1H2,2H3,(H,15,16). The molecule has 1 rings (SSSR count). The highest BCUT2D eigenvalue weighted by Crippen LogP contribution is 2.29. The van der Waals surface area contributed by atoms with Crippen molar-refractivity contribution in [2.24, 2.45) is 0 Å². The van der Waals surface area contributed by atoms with Gasteiger partial charge in [-0.15, -0.1) is 13.2 Å². The summed E-state index contributed by atoms with van der Waals surface area (Å²) < 4.78 is 40.0. The number of benzene rings is 1. The fourth-order valence-corrected chi connectivity index (χ4v) is 1.01. The first kappa shape index (κ1) is 13.1. The number of ether oxygens (including phenoxy) is 1. The maximum absolute atomic E-state index is 12.1. The summed E-state index contributed by atoms with van der Waals surface area (Å²) in [6, 6.07) is 5.28. The van der Waals surface area contributed by atoms with Gasteiger partial charge in [0, 0.05) is 5.57 Å². The quantitative estimate of drug-likeness (QED) is 0.831. The molecule has 0 heterocycles. The number of alkyl halides is 3. The van der Waals surface area contributed by atoms with Crippen molar-refractivity contribution < 1.29 is 22.7 Å². The molecule has 0 fully saturated rings. The molecule has 0 atom stereocenters. The predicted octanol–water partition coefficient (Wildman–Crippen LogP) is 3.10. The van der Waals surface area contributed by atoms with Crippen molar-refractivity contribution in [2.75, 3.05) is 5.32 Å². The lowest BCUT2D eigenvalue weighted by Crippen LogP contribution is -2.19. The number of rotatable bonds is 3. The molecular weight excluding hydrogens is 235 g/mol. The first-order valence-corrected chi connectivity index (χ1v) is 4.61. The second-order valence-electron chi connectivity index (χ2n) is 3.28. The summed E-state index contributed by atoms with van der Waals surface area (Å²) in [5.74, 6) is -1.03. The van der Waals surface area contributed by atoms with E-state index in [0.29, 0.717) is 0 Å². The molecule has 92 valence electrons. The van der Waals surface area contributed by atoms with Crippen molar-refractivity contribution in [3.63, 3.8) is 0 Å². The van der Waals surface area contributed by atoms with Gasteiger partial charge in [-0.1, -0.05) is 18.7 Å². The maximum atomic E-state index is 12.1. The molecule has 1 aromatic rings. The lowest BCUT2D eigenvalue weighted by molar-refractivity contribution is -0.274. The van der Waals surface area contributed by atoms with Crippen molar-refractivity contribution >= 4 is 11.6 Å². The van der Waals surface area contributed by atoms with E-state index in [9.17, 15) is 18.0 Å². The molecule has 0 saturated heterocycles. The van der Waals surface area contributed by atoms with Gasteiger partial charge in [0.15, 0.2) is 5.75 Å². The highest BCUT2D eigenvalue weighted by Gasteiger charge is 2.32. The Morgan fingerprint density at radius 3 is 2.47 bits per heavy atom. The lowest BCUT2D eigenvalue weighted by atomic mass is 10.2. The SMILES string of the molecule is C=C(C)C(=O)Nc1ccccc1OC(F)(F)F. The van der Waals surface area contributed by atoms with Crippen LogP contribution in [0.4, 0.5) is 18.9 Å². The number of carbonyl (C=O) groups excluding carboxylic acids is 1. The molecule has 0 spiro atoms. The van der Waals surface area contributed by atoms with Gasteiger partial charge in [-0.2, -0.15) is 0 Å². The molecule has 0 radical (unpaired) electrons. The van der Waals surface area contributed by atoms with E-state index in [4.69, 9.17) is 0 Å². The molecule has 0 aromatic heterocycles. The van der Waals surface area contributed by atoms with Crippen LogP contribution in [0.15, 0.2) is 36.4 Å². The van der Waals surface area contributed by atoms with Gasteiger partial charge in [0.25, 0.3) is 5.91 Å². The van der Waals surface area contributed by atoms with Crippen LogP contribution in [-0.2, 0) is 4.79 Å². The van der Waals surface area contributed by atoms with Crippen molar-refractivity contribution in [3.05, 3.63) is 36.4 Å². The number of para-hydroxylation sites is 2. The minimum atomic E-state index is -4.80. The van der Waals surface area contributed by atoms with Crippen LogP contribution >= 0.6 is 0 Å². The molecule has 0 aliphatic rings. The second-order valence-corrected chi connectivity index (χ2v) is 3.28. The summed E-state index contributed by atoms with van der Waals surface area (Å²) in [5.41, 5.74) is 0.129. The Hall–Kier alpha value is -1.98. The number of nitrogens with one attached hydrogen (secondary N) is 1. The van der Waals surface area contributed by atoms with Crippen molar-refractivity contribution in [1.82, 2.24) is 0 Å². The Balaban J connectivity index is 2.92. The summed E-state index contributed by atoms with van der Waals surface area (Å²) >= 11 is 0. The Kier molecular flexibility index (Phi) is 3.77. The van der Waals surface area contributed by atoms with Gasteiger partial charge >= 0.3 is 6.36 Å². The second kappa shape index (κ2) is 4.90. The molecule has 17 heavy (non-hydrogen) atoms. The van der Waals surface area contributed by atoms with Crippen LogP contribution in [0.3, 0.4) is 0 Å². The van der Waals surface area contributed by atoms with Gasteiger partial charge in [-0.25, -0.2) is 0 Å². The third-order valence-corrected chi connectivity index (χ3v) is 1.75. The number of anilines is 1. The van der Waals surface area contributed by atoms with Gasteiger partial charge in [0.1, 0.15) is 0 Å². The monoisotopic (exact) mass is 245 g/mol. The van der Waals surface area contributed by atoms with Crippen molar-refractivity contribution in [1.29, 1.82) is 0 Å². The Labute approximate surface area is 95.9 Å². The molecule has 1 N–H and O–H groups in total. The van der Waals surface area contributed by atoms with E-state index in [2.05, 4.69) is 16.6 Å². The number of halogens is 3.